The Morgan fingerprint density at radius 1 is 1.39 bits per heavy atom. The van der Waals surface area contributed by atoms with Gasteiger partial charge in [-0.15, -0.1) is 0 Å². The number of anilines is 1. The van der Waals surface area contributed by atoms with Gasteiger partial charge in [0.15, 0.2) is 0 Å². The van der Waals surface area contributed by atoms with E-state index in [1.54, 1.807) is 20.8 Å². The van der Waals surface area contributed by atoms with E-state index in [1.165, 1.54) is 18.3 Å². The third kappa shape index (κ3) is 3.44. The first kappa shape index (κ1) is 14.0. The van der Waals surface area contributed by atoms with Crippen LogP contribution in [0, 0.1) is 5.41 Å². The fraction of sp³-hybridized carbons (Fsp3) is 0.417. The van der Waals surface area contributed by atoms with Crippen LogP contribution in [0.4, 0.5) is 5.69 Å². The summed E-state index contributed by atoms with van der Waals surface area (Å²) in [5.74, 6) is -1.61. The van der Waals surface area contributed by atoms with E-state index in [4.69, 9.17) is 10.8 Å². The van der Waals surface area contributed by atoms with Crippen LogP contribution in [-0.4, -0.2) is 28.0 Å². The van der Waals surface area contributed by atoms with E-state index in [-0.39, 0.29) is 5.69 Å². The fourth-order valence-electron chi connectivity index (χ4n) is 1.39. The van der Waals surface area contributed by atoms with Crippen molar-refractivity contribution in [3.63, 3.8) is 0 Å². The average molecular weight is 251 g/mol. The third-order valence-electron chi connectivity index (χ3n) is 2.41. The van der Waals surface area contributed by atoms with E-state index < -0.39 is 23.3 Å². The highest BCUT2D eigenvalue weighted by Gasteiger charge is 2.32. The predicted molar refractivity (Wildman–Crippen MR) is 67.0 cm³/mol. The number of nitrogens with two attached hydrogens (primary N) is 1. The number of hydrogen-bond acceptors (Lipinski definition) is 4. The molecule has 0 aliphatic heterocycles. The van der Waals surface area contributed by atoms with E-state index in [2.05, 4.69) is 10.3 Å². The van der Waals surface area contributed by atoms with Gasteiger partial charge >= 0.3 is 5.97 Å². The molecular formula is C12H17N3O3. The van der Waals surface area contributed by atoms with E-state index in [1.807, 2.05) is 0 Å². The second kappa shape index (κ2) is 5.03. The Balaban J connectivity index is 2.86. The van der Waals surface area contributed by atoms with E-state index in [0.717, 1.165) is 0 Å². The Morgan fingerprint density at radius 3 is 2.39 bits per heavy atom. The summed E-state index contributed by atoms with van der Waals surface area (Å²) >= 11 is 0. The molecule has 0 aromatic carbocycles. The lowest BCUT2D eigenvalue weighted by atomic mass is 9.86. The summed E-state index contributed by atoms with van der Waals surface area (Å²) in [6.07, 6.45) is 1.35. The molecule has 0 radical (unpaired) electrons. The number of nitrogens with zero attached hydrogens (tertiary/aromatic N) is 1. The molecule has 4 N–H and O–H groups in total. The van der Waals surface area contributed by atoms with Gasteiger partial charge in [0.1, 0.15) is 11.7 Å². The smallest absolute Gasteiger partial charge is 0.326 e. The summed E-state index contributed by atoms with van der Waals surface area (Å²) in [5.41, 5.74) is 5.45. The quantitative estimate of drug-likeness (QED) is 0.740. The summed E-state index contributed by atoms with van der Waals surface area (Å²) < 4.78 is 0. The van der Waals surface area contributed by atoms with Crippen molar-refractivity contribution < 1.29 is 14.7 Å². The van der Waals surface area contributed by atoms with Gasteiger partial charge in [-0.2, -0.15) is 0 Å². The van der Waals surface area contributed by atoms with Crippen molar-refractivity contribution in [1.29, 1.82) is 0 Å². The number of nitrogens with one attached hydrogen (secondary N) is 1. The molecule has 1 amide bonds. The second-order valence-corrected chi connectivity index (χ2v) is 5.09. The van der Waals surface area contributed by atoms with Crippen LogP contribution >= 0.6 is 0 Å². The van der Waals surface area contributed by atoms with Crippen LogP contribution in [-0.2, 0) is 4.79 Å². The minimum atomic E-state index is -1.08. The molecule has 1 aromatic rings. The molecule has 18 heavy (non-hydrogen) atoms. The molecule has 0 saturated carbocycles. The molecule has 1 heterocycles. The van der Waals surface area contributed by atoms with Crippen molar-refractivity contribution in [3.05, 3.63) is 24.0 Å². The molecule has 6 nitrogen and oxygen atoms in total. The lowest BCUT2D eigenvalue weighted by molar-refractivity contribution is -0.142. The average Bonchev–Trinajstić information content (AvgIpc) is 2.24. The lowest BCUT2D eigenvalue weighted by Crippen LogP contribution is -2.49. The molecule has 0 fully saturated rings. The Hall–Kier alpha value is -2.11. The Bertz CT molecular complexity index is 449. The summed E-state index contributed by atoms with van der Waals surface area (Å²) in [6, 6.07) is 2.01. The largest absolute Gasteiger partial charge is 0.480 e. The molecule has 0 unspecified atom stereocenters. The van der Waals surface area contributed by atoms with Gasteiger partial charge in [0.05, 0.1) is 11.9 Å². The van der Waals surface area contributed by atoms with Crippen LogP contribution in [0.15, 0.2) is 18.3 Å². The van der Waals surface area contributed by atoms with Gasteiger partial charge in [0.2, 0.25) is 0 Å². The molecule has 0 spiro atoms. The van der Waals surface area contributed by atoms with Crippen LogP contribution < -0.4 is 11.1 Å². The van der Waals surface area contributed by atoms with Crippen molar-refractivity contribution in [2.45, 2.75) is 26.8 Å². The highest BCUT2D eigenvalue weighted by atomic mass is 16.4. The molecule has 0 bridgehead atoms. The van der Waals surface area contributed by atoms with Crippen molar-refractivity contribution in [3.8, 4) is 0 Å². The number of carboxylic acid groups (broad SMARTS) is 1. The predicted octanol–water partition coefficient (Wildman–Crippen LogP) is 0.893. The van der Waals surface area contributed by atoms with Crippen molar-refractivity contribution >= 4 is 17.6 Å². The molecule has 1 atom stereocenters. The number of carbonyl (C=O) groups is 2. The molecular weight excluding hydrogens is 234 g/mol. The fourth-order valence-corrected chi connectivity index (χ4v) is 1.39. The van der Waals surface area contributed by atoms with Crippen LogP contribution in [0.25, 0.3) is 0 Å². The maximum absolute atomic E-state index is 11.8. The molecule has 0 aliphatic rings. The van der Waals surface area contributed by atoms with Crippen LogP contribution in [0.5, 0.6) is 0 Å². The number of hydrogen-bond donors (Lipinski definition) is 3. The van der Waals surface area contributed by atoms with Gasteiger partial charge in [-0.3, -0.25) is 4.79 Å². The third-order valence-corrected chi connectivity index (χ3v) is 2.41. The molecule has 1 rings (SSSR count). The number of amides is 1. The van der Waals surface area contributed by atoms with Crippen molar-refractivity contribution in [2.75, 3.05) is 5.73 Å². The number of rotatable bonds is 3. The first-order valence-corrected chi connectivity index (χ1v) is 5.47. The van der Waals surface area contributed by atoms with E-state index in [0.29, 0.717) is 5.69 Å². The summed E-state index contributed by atoms with van der Waals surface area (Å²) in [5, 5.41) is 11.5. The molecule has 0 saturated heterocycles. The van der Waals surface area contributed by atoms with Gasteiger partial charge in [-0.05, 0) is 17.5 Å². The molecule has 98 valence electrons. The molecule has 0 aliphatic carbocycles. The standard InChI is InChI=1S/C12H17N3O3/c1-12(2,3)9(11(17)18)15-10(16)8-5-4-7(13)6-14-8/h4-6,9H,13H2,1-3H3,(H,15,16)(H,17,18)/t9-/m0/s1. The van der Waals surface area contributed by atoms with Crippen molar-refractivity contribution in [1.82, 2.24) is 10.3 Å². The van der Waals surface area contributed by atoms with Gasteiger partial charge in [-0.1, -0.05) is 20.8 Å². The van der Waals surface area contributed by atoms with Crippen LogP contribution in [0.1, 0.15) is 31.3 Å². The zero-order valence-corrected chi connectivity index (χ0v) is 10.6. The number of carbonyl (C=O) groups excluding carboxylic acids is 1. The summed E-state index contributed by atoms with van der Waals surface area (Å²) in [4.78, 5) is 26.8. The molecule has 6 heteroatoms. The normalized spacial score (nSPS) is 12.8. The monoisotopic (exact) mass is 251 g/mol. The minimum Gasteiger partial charge on any atom is -0.480 e. The number of carboxylic acids is 1. The summed E-state index contributed by atoms with van der Waals surface area (Å²) in [7, 11) is 0. The first-order valence-electron chi connectivity index (χ1n) is 5.47. The Kier molecular flexibility index (Phi) is 3.90. The topological polar surface area (TPSA) is 105 Å². The Labute approximate surface area is 105 Å². The van der Waals surface area contributed by atoms with Gasteiger partial charge in [0, 0.05) is 0 Å². The van der Waals surface area contributed by atoms with Crippen molar-refractivity contribution in [2.24, 2.45) is 5.41 Å². The van der Waals surface area contributed by atoms with E-state index in [9.17, 15) is 9.59 Å². The van der Waals surface area contributed by atoms with E-state index >= 15 is 0 Å². The van der Waals surface area contributed by atoms with Gasteiger partial charge < -0.3 is 16.2 Å². The highest BCUT2D eigenvalue weighted by Crippen LogP contribution is 2.19. The van der Waals surface area contributed by atoms with Gasteiger partial charge in [-0.25, -0.2) is 9.78 Å². The summed E-state index contributed by atoms with van der Waals surface area (Å²) in [6.45, 7) is 5.22. The number of aliphatic carboxylic acids is 1. The highest BCUT2D eigenvalue weighted by molar-refractivity contribution is 5.95. The first-order chi connectivity index (χ1) is 8.21. The maximum atomic E-state index is 11.8. The second-order valence-electron chi connectivity index (χ2n) is 5.09. The minimum absolute atomic E-state index is 0.139. The number of pyridine rings is 1. The van der Waals surface area contributed by atoms with Crippen LogP contribution in [0.2, 0.25) is 0 Å². The van der Waals surface area contributed by atoms with Crippen LogP contribution in [0.3, 0.4) is 0 Å². The van der Waals surface area contributed by atoms with Gasteiger partial charge in [0.25, 0.3) is 5.91 Å². The zero-order valence-electron chi connectivity index (χ0n) is 10.6. The Morgan fingerprint density at radius 2 is 2.00 bits per heavy atom. The number of aromatic nitrogens is 1. The lowest BCUT2D eigenvalue weighted by Gasteiger charge is -2.27. The maximum Gasteiger partial charge on any atom is 0.326 e. The SMILES string of the molecule is CC(C)(C)[C@@H](NC(=O)c1ccc(N)cn1)C(=O)O. The number of nitrogen functional groups attached to an aromatic ring is 1. The molecule has 1 aromatic heterocycles. The zero-order chi connectivity index (χ0) is 13.9.